The topological polar surface area (TPSA) is 117 Å². The second kappa shape index (κ2) is 12.2. The zero-order valence-corrected chi connectivity index (χ0v) is 15.5. The maximum Gasteiger partial charge on any atom is 0.259 e. The van der Waals surface area contributed by atoms with E-state index in [1.54, 1.807) is 13.8 Å². The van der Waals surface area contributed by atoms with Crippen molar-refractivity contribution >= 4 is 17.6 Å². The van der Waals surface area contributed by atoms with Gasteiger partial charge in [-0.2, -0.15) is 4.99 Å². The van der Waals surface area contributed by atoms with Gasteiger partial charge in [-0.15, -0.1) is 0 Å². The van der Waals surface area contributed by atoms with Crippen molar-refractivity contribution in [2.75, 3.05) is 13.2 Å². The summed E-state index contributed by atoms with van der Waals surface area (Å²) in [4.78, 5) is 28.5. The molecule has 0 spiro atoms. The van der Waals surface area contributed by atoms with Crippen molar-refractivity contribution in [1.29, 1.82) is 0 Å². The summed E-state index contributed by atoms with van der Waals surface area (Å²) in [7, 11) is 0. The SMILES string of the molecule is CCOC(OCC)C(=O)C(CCCCc1ccccc1)C(=O)N=C(N)N. The number of ether oxygens (including phenoxy) is 2. The Morgan fingerprint density at radius 1 is 1.04 bits per heavy atom. The molecule has 4 N–H and O–H groups in total. The van der Waals surface area contributed by atoms with Gasteiger partial charge in [0.2, 0.25) is 12.1 Å². The number of benzene rings is 1. The molecule has 7 nitrogen and oxygen atoms in total. The lowest BCUT2D eigenvalue weighted by Gasteiger charge is -2.20. The first-order valence-electron chi connectivity index (χ1n) is 8.93. The van der Waals surface area contributed by atoms with Crippen LogP contribution in [0.5, 0.6) is 0 Å². The number of rotatable bonds is 12. The minimum Gasteiger partial charge on any atom is -0.370 e. The maximum atomic E-state index is 12.7. The van der Waals surface area contributed by atoms with E-state index in [1.807, 2.05) is 30.3 Å². The highest BCUT2D eigenvalue weighted by molar-refractivity contribution is 6.06. The summed E-state index contributed by atoms with van der Waals surface area (Å²) in [5.74, 6) is -2.43. The summed E-state index contributed by atoms with van der Waals surface area (Å²) in [6.45, 7) is 4.11. The summed E-state index contributed by atoms with van der Waals surface area (Å²) >= 11 is 0. The Balaban J connectivity index is 2.72. The van der Waals surface area contributed by atoms with Gasteiger partial charge in [0.25, 0.3) is 5.91 Å². The van der Waals surface area contributed by atoms with E-state index in [-0.39, 0.29) is 5.96 Å². The number of guanidine groups is 1. The van der Waals surface area contributed by atoms with Gasteiger partial charge in [-0.05, 0) is 38.7 Å². The van der Waals surface area contributed by atoms with Crippen LogP contribution in [0.15, 0.2) is 35.3 Å². The molecule has 1 amide bonds. The van der Waals surface area contributed by atoms with Crippen molar-refractivity contribution in [3.8, 4) is 0 Å². The quantitative estimate of drug-likeness (QED) is 0.192. The van der Waals surface area contributed by atoms with Crippen LogP contribution in [0.4, 0.5) is 0 Å². The number of nitrogens with two attached hydrogens (primary N) is 2. The summed E-state index contributed by atoms with van der Waals surface area (Å²) in [5.41, 5.74) is 11.8. The fourth-order valence-corrected chi connectivity index (χ4v) is 2.59. The number of aliphatic imine (C=N–C) groups is 1. The summed E-state index contributed by atoms with van der Waals surface area (Å²) < 4.78 is 10.6. The molecule has 0 radical (unpaired) electrons. The molecule has 26 heavy (non-hydrogen) atoms. The third kappa shape index (κ3) is 7.76. The van der Waals surface area contributed by atoms with Crippen molar-refractivity contribution < 1.29 is 19.1 Å². The molecule has 7 heteroatoms. The molecule has 0 bridgehead atoms. The van der Waals surface area contributed by atoms with E-state index < -0.39 is 23.9 Å². The normalized spacial score (nSPS) is 12.0. The lowest BCUT2D eigenvalue weighted by atomic mass is 9.94. The standard InChI is InChI=1S/C19H29N3O4/c1-3-25-18(26-4-2)16(23)15(17(24)22-19(20)21)13-9-8-12-14-10-6-5-7-11-14/h5-7,10-11,15,18H,3-4,8-9,12-13H2,1-2H3,(H4,20,21,22,24). The van der Waals surface area contributed by atoms with Crippen LogP contribution in [-0.4, -0.2) is 37.2 Å². The first-order chi connectivity index (χ1) is 12.5. The Labute approximate surface area is 154 Å². The van der Waals surface area contributed by atoms with Gasteiger partial charge in [-0.3, -0.25) is 9.59 Å². The first-order valence-corrected chi connectivity index (χ1v) is 8.93. The van der Waals surface area contributed by atoms with E-state index in [9.17, 15) is 9.59 Å². The van der Waals surface area contributed by atoms with Gasteiger partial charge in [-0.1, -0.05) is 36.8 Å². The van der Waals surface area contributed by atoms with E-state index >= 15 is 0 Å². The average Bonchev–Trinajstić information content (AvgIpc) is 2.61. The van der Waals surface area contributed by atoms with E-state index in [4.69, 9.17) is 20.9 Å². The molecular weight excluding hydrogens is 334 g/mol. The Bertz CT molecular complexity index is 580. The number of nitrogens with zero attached hydrogens (tertiary/aromatic N) is 1. The molecule has 1 atom stereocenters. The van der Waals surface area contributed by atoms with Gasteiger partial charge in [0.05, 0.1) is 0 Å². The molecule has 0 aliphatic rings. The largest absolute Gasteiger partial charge is 0.370 e. The smallest absolute Gasteiger partial charge is 0.259 e. The van der Waals surface area contributed by atoms with Crippen LogP contribution in [0.1, 0.15) is 38.7 Å². The number of aryl methyl sites for hydroxylation is 1. The molecule has 1 unspecified atom stereocenters. The van der Waals surface area contributed by atoms with Crippen LogP contribution < -0.4 is 11.5 Å². The van der Waals surface area contributed by atoms with Crippen LogP contribution in [0.2, 0.25) is 0 Å². The Morgan fingerprint density at radius 2 is 1.65 bits per heavy atom. The molecule has 1 aromatic carbocycles. The summed E-state index contributed by atoms with van der Waals surface area (Å²) in [6.07, 6.45) is 1.66. The molecule has 0 saturated carbocycles. The second-order valence-corrected chi connectivity index (χ2v) is 5.80. The minimum atomic E-state index is -1.08. The van der Waals surface area contributed by atoms with E-state index in [2.05, 4.69) is 4.99 Å². The lowest BCUT2D eigenvalue weighted by molar-refractivity contribution is -0.173. The van der Waals surface area contributed by atoms with Crippen LogP contribution in [0.25, 0.3) is 0 Å². The van der Waals surface area contributed by atoms with Crippen molar-refractivity contribution in [2.24, 2.45) is 22.4 Å². The number of carbonyl (C=O) groups excluding carboxylic acids is 2. The highest BCUT2D eigenvalue weighted by atomic mass is 16.7. The van der Waals surface area contributed by atoms with E-state index in [1.165, 1.54) is 5.56 Å². The molecule has 0 fully saturated rings. The van der Waals surface area contributed by atoms with Crippen molar-refractivity contribution in [1.82, 2.24) is 0 Å². The summed E-state index contributed by atoms with van der Waals surface area (Å²) in [6, 6.07) is 10.0. The lowest BCUT2D eigenvalue weighted by Crippen LogP contribution is -2.37. The van der Waals surface area contributed by atoms with Gasteiger partial charge < -0.3 is 20.9 Å². The average molecular weight is 363 g/mol. The molecule has 144 valence electrons. The molecule has 1 aromatic rings. The van der Waals surface area contributed by atoms with Crippen LogP contribution in [0.3, 0.4) is 0 Å². The highest BCUT2D eigenvalue weighted by Crippen LogP contribution is 2.18. The van der Waals surface area contributed by atoms with Gasteiger partial charge in [0.1, 0.15) is 5.92 Å². The molecular formula is C19H29N3O4. The predicted molar refractivity (Wildman–Crippen MR) is 100 cm³/mol. The van der Waals surface area contributed by atoms with Crippen molar-refractivity contribution in [2.45, 2.75) is 45.8 Å². The van der Waals surface area contributed by atoms with Gasteiger partial charge in [0.15, 0.2) is 5.96 Å². The fourth-order valence-electron chi connectivity index (χ4n) is 2.59. The van der Waals surface area contributed by atoms with Gasteiger partial charge in [0, 0.05) is 13.2 Å². The molecule has 0 heterocycles. The number of amides is 1. The first kappa shape index (κ1) is 21.8. The van der Waals surface area contributed by atoms with Crippen LogP contribution in [0, 0.1) is 5.92 Å². The molecule has 0 aliphatic carbocycles. The monoisotopic (exact) mass is 363 g/mol. The molecule has 1 rings (SSSR count). The zero-order chi connectivity index (χ0) is 19.4. The Kier molecular flexibility index (Phi) is 10.2. The predicted octanol–water partition coefficient (Wildman–Crippen LogP) is 1.78. The number of ketones is 1. The van der Waals surface area contributed by atoms with Gasteiger partial charge in [-0.25, -0.2) is 0 Å². The summed E-state index contributed by atoms with van der Waals surface area (Å²) in [5, 5.41) is 0. The number of Topliss-reactive ketones (excluding diaryl/α,β-unsaturated/α-hetero) is 1. The van der Waals surface area contributed by atoms with Crippen molar-refractivity contribution in [3.63, 3.8) is 0 Å². The molecule has 0 aliphatic heterocycles. The highest BCUT2D eigenvalue weighted by Gasteiger charge is 2.33. The fraction of sp³-hybridized carbons (Fsp3) is 0.526. The van der Waals surface area contributed by atoms with Crippen LogP contribution in [-0.2, 0) is 25.5 Å². The molecule has 0 aromatic heterocycles. The molecule has 0 saturated heterocycles. The Hall–Kier alpha value is -2.25. The minimum absolute atomic E-state index is 0.299. The van der Waals surface area contributed by atoms with Gasteiger partial charge >= 0.3 is 0 Å². The van der Waals surface area contributed by atoms with E-state index in [0.717, 1.165) is 12.8 Å². The number of hydrogen-bond donors (Lipinski definition) is 2. The van der Waals surface area contributed by atoms with Crippen LogP contribution >= 0.6 is 0 Å². The van der Waals surface area contributed by atoms with Crippen molar-refractivity contribution in [3.05, 3.63) is 35.9 Å². The third-order valence-electron chi connectivity index (χ3n) is 3.80. The number of carbonyl (C=O) groups is 2. The van der Waals surface area contributed by atoms with E-state index in [0.29, 0.717) is 26.1 Å². The third-order valence-corrected chi connectivity index (χ3v) is 3.80. The number of unbranched alkanes of at least 4 members (excludes halogenated alkanes) is 1. The second-order valence-electron chi connectivity index (χ2n) is 5.80. The number of hydrogen-bond acceptors (Lipinski definition) is 4. The Morgan fingerprint density at radius 3 is 2.19 bits per heavy atom. The maximum absolute atomic E-state index is 12.7. The zero-order valence-electron chi connectivity index (χ0n) is 15.5.